The van der Waals surface area contributed by atoms with Gasteiger partial charge in [-0.2, -0.15) is 0 Å². The summed E-state index contributed by atoms with van der Waals surface area (Å²) in [6.45, 7) is 1.91. The monoisotopic (exact) mass is 204 g/mol. The molecule has 1 rings (SSSR count). The lowest BCUT2D eigenvalue weighted by Crippen LogP contribution is -2.28. The van der Waals surface area contributed by atoms with Crippen molar-refractivity contribution in [2.45, 2.75) is 19.4 Å². The van der Waals surface area contributed by atoms with Gasteiger partial charge in [-0.1, -0.05) is 36.4 Å². The van der Waals surface area contributed by atoms with Crippen LogP contribution in [0.25, 0.3) is 5.57 Å². The number of carbonyl (C=O) groups is 1. The molecule has 0 heterocycles. The van der Waals surface area contributed by atoms with Crippen molar-refractivity contribution in [3.8, 4) is 0 Å². The van der Waals surface area contributed by atoms with E-state index in [1.54, 1.807) is 0 Å². The molecule has 0 aliphatic carbocycles. The van der Waals surface area contributed by atoms with Gasteiger partial charge in [0.15, 0.2) is 0 Å². The van der Waals surface area contributed by atoms with Crippen LogP contribution in [0, 0.1) is 0 Å². The lowest BCUT2D eigenvalue weighted by Gasteiger charge is -2.14. The molecule has 3 heteroatoms. The first-order valence-corrected chi connectivity index (χ1v) is 4.90. The van der Waals surface area contributed by atoms with E-state index in [4.69, 9.17) is 11.5 Å². The summed E-state index contributed by atoms with van der Waals surface area (Å²) >= 11 is 0. The van der Waals surface area contributed by atoms with Crippen LogP contribution >= 0.6 is 0 Å². The van der Waals surface area contributed by atoms with Gasteiger partial charge in [0.05, 0.1) is 0 Å². The van der Waals surface area contributed by atoms with Gasteiger partial charge >= 0.3 is 0 Å². The lowest BCUT2D eigenvalue weighted by atomic mass is 9.96. The fourth-order valence-electron chi connectivity index (χ4n) is 1.55. The first-order chi connectivity index (χ1) is 7.15. The zero-order valence-corrected chi connectivity index (χ0v) is 8.81. The predicted molar refractivity (Wildman–Crippen MR) is 61.9 cm³/mol. The van der Waals surface area contributed by atoms with Crippen molar-refractivity contribution in [3.63, 3.8) is 0 Å². The van der Waals surface area contributed by atoms with E-state index in [1.165, 1.54) is 0 Å². The molecule has 0 bridgehead atoms. The fraction of sp³-hybridized carbons (Fsp3) is 0.250. The van der Waals surface area contributed by atoms with Crippen molar-refractivity contribution < 1.29 is 4.79 Å². The van der Waals surface area contributed by atoms with Gasteiger partial charge in [-0.15, -0.1) is 0 Å². The maximum Gasteiger partial charge on any atom is 0.219 e. The second kappa shape index (κ2) is 5.32. The number of hydrogen-bond donors (Lipinski definition) is 2. The van der Waals surface area contributed by atoms with Crippen LogP contribution in [0.1, 0.15) is 18.9 Å². The van der Waals surface area contributed by atoms with E-state index >= 15 is 0 Å². The average molecular weight is 204 g/mol. The largest absolute Gasteiger partial charge is 0.370 e. The molecule has 0 spiro atoms. The number of allylic oxidation sites excluding steroid dienone is 1. The molecule has 0 aliphatic rings. The number of carbonyl (C=O) groups excluding carboxylic acids is 1. The number of primary amides is 1. The van der Waals surface area contributed by atoms with Crippen LogP contribution in [-0.4, -0.2) is 11.9 Å². The SMILES string of the molecule is C/C=C(\c1ccccc1)C(N)CC(N)=O. The van der Waals surface area contributed by atoms with Crippen LogP contribution in [0.4, 0.5) is 0 Å². The molecule has 15 heavy (non-hydrogen) atoms. The maximum atomic E-state index is 10.8. The third-order valence-electron chi connectivity index (χ3n) is 2.24. The molecule has 3 nitrogen and oxygen atoms in total. The molecule has 0 aliphatic heterocycles. The van der Waals surface area contributed by atoms with E-state index in [1.807, 2.05) is 43.3 Å². The molecule has 4 N–H and O–H groups in total. The summed E-state index contributed by atoms with van der Waals surface area (Å²) in [5.41, 5.74) is 13.0. The van der Waals surface area contributed by atoms with Crippen LogP contribution < -0.4 is 11.5 Å². The summed E-state index contributed by atoms with van der Waals surface area (Å²) in [5.74, 6) is -0.377. The molecule has 1 amide bonds. The molecular formula is C12H16N2O. The van der Waals surface area contributed by atoms with E-state index in [9.17, 15) is 4.79 Å². The zero-order chi connectivity index (χ0) is 11.3. The molecular weight excluding hydrogens is 188 g/mol. The van der Waals surface area contributed by atoms with Crippen molar-refractivity contribution in [1.29, 1.82) is 0 Å². The highest BCUT2D eigenvalue weighted by Gasteiger charge is 2.12. The number of benzene rings is 1. The Kier molecular flexibility index (Phi) is 4.06. The van der Waals surface area contributed by atoms with Gasteiger partial charge in [-0.3, -0.25) is 4.79 Å². The predicted octanol–water partition coefficient (Wildman–Crippen LogP) is 1.29. The topological polar surface area (TPSA) is 69.1 Å². The summed E-state index contributed by atoms with van der Waals surface area (Å²) in [6.07, 6.45) is 2.09. The average Bonchev–Trinajstić information content (AvgIpc) is 2.19. The number of rotatable bonds is 4. The molecule has 1 aromatic carbocycles. The van der Waals surface area contributed by atoms with E-state index in [-0.39, 0.29) is 18.4 Å². The quantitative estimate of drug-likeness (QED) is 0.776. The molecule has 0 aromatic heterocycles. The van der Waals surface area contributed by atoms with E-state index in [0.29, 0.717) is 0 Å². The van der Waals surface area contributed by atoms with Crippen LogP contribution in [0.15, 0.2) is 36.4 Å². The van der Waals surface area contributed by atoms with Crippen molar-refractivity contribution in [1.82, 2.24) is 0 Å². The molecule has 0 saturated carbocycles. The molecule has 80 valence electrons. The highest BCUT2D eigenvalue weighted by molar-refractivity contribution is 5.79. The Morgan fingerprint density at radius 1 is 1.40 bits per heavy atom. The zero-order valence-electron chi connectivity index (χ0n) is 8.81. The number of amides is 1. The number of nitrogens with two attached hydrogens (primary N) is 2. The molecule has 1 atom stereocenters. The van der Waals surface area contributed by atoms with Gasteiger partial charge in [0.25, 0.3) is 0 Å². The third-order valence-corrected chi connectivity index (χ3v) is 2.24. The Hall–Kier alpha value is -1.61. The van der Waals surface area contributed by atoms with Crippen LogP contribution in [-0.2, 0) is 4.79 Å². The van der Waals surface area contributed by atoms with Crippen molar-refractivity contribution >= 4 is 11.5 Å². The van der Waals surface area contributed by atoms with Crippen LogP contribution in [0.5, 0.6) is 0 Å². The fourth-order valence-corrected chi connectivity index (χ4v) is 1.55. The van der Waals surface area contributed by atoms with Gasteiger partial charge in [-0.25, -0.2) is 0 Å². The summed E-state index contributed by atoms with van der Waals surface area (Å²) in [7, 11) is 0. The Balaban J connectivity index is 2.86. The second-order valence-electron chi connectivity index (χ2n) is 3.39. The van der Waals surface area contributed by atoms with Gasteiger partial charge in [0, 0.05) is 12.5 Å². The van der Waals surface area contributed by atoms with Gasteiger partial charge < -0.3 is 11.5 Å². The van der Waals surface area contributed by atoms with Crippen molar-refractivity contribution in [2.24, 2.45) is 11.5 Å². The third kappa shape index (κ3) is 3.22. The van der Waals surface area contributed by atoms with E-state index < -0.39 is 0 Å². The summed E-state index contributed by atoms with van der Waals surface area (Å²) in [6, 6.07) is 9.43. The van der Waals surface area contributed by atoms with E-state index in [2.05, 4.69) is 0 Å². The normalized spacial score (nSPS) is 13.6. The standard InChI is InChI=1S/C12H16N2O/c1-2-10(11(13)8-12(14)15)9-6-4-3-5-7-9/h2-7,11H,8,13H2,1H3,(H2,14,15)/b10-2+. The Morgan fingerprint density at radius 3 is 2.47 bits per heavy atom. The first kappa shape index (κ1) is 11.5. The Morgan fingerprint density at radius 2 is 2.00 bits per heavy atom. The molecule has 0 fully saturated rings. The minimum absolute atomic E-state index is 0.175. The van der Waals surface area contributed by atoms with Gasteiger partial charge in [-0.05, 0) is 18.1 Å². The van der Waals surface area contributed by atoms with Crippen molar-refractivity contribution in [2.75, 3.05) is 0 Å². The van der Waals surface area contributed by atoms with Gasteiger partial charge in [0.1, 0.15) is 0 Å². The van der Waals surface area contributed by atoms with Crippen molar-refractivity contribution in [3.05, 3.63) is 42.0 Å². The second-order valence-corrected chi connectivity index (χ2v) is 3.39. The maximum absolute atomic E-state index is 10.8. The highest BCUT2D eigenvalue weighted by Crippen LogP contribution is 2.18. The van der Waals surface area contributed by atoms with E-state index in [0.717, 1.165) is 11.1 Å². The molecule has 0 radical (unpaired) electrons. The molecule has 1 aromatic rings. The summed E-state index contributed by atoms with van der Waals surface area (Å²) < 4.78 is 0. The Bertz CT molecular complexity index is 357. The van der Waals surface area contributed by atoms with Crippen LogP contribution in [0.2, 0.25) is 0 Å². The smallest absolute Gasteiger partial charge is 0.219 e. The molecule has 1 unspecified atom stereocenters. The summed E-state index contributed by atoms with van der Waals surface area (Å²) in [5, 5.41) is 0. The number of hydrogen-bond acceptors (Lipinski definition) is 2. The minimum atomic E-state index is -0.377. The van der Waals surface area contributed by atoms with Gasteiger partial charge in [0.2, 0.25) is 5.91 Å². The first-order valence-electron chi connectivity index (χ1n) is 4.90. The van der Waals surface area contributed by atoms with Crippen LogP contribution in [0.3, 0.4) is 0 Å². The summed E-state index contributed by atoms with van der Waals surface area (Å²) in [4.78, 5) is 10.8. The highest BCUT2D eigenvalue weighted by atomic mass is 16.1. The lowest BCUT2D eigenvalue weighted by molar-refractivity contribution is -0.118. The molecule has 0 saturated heterocycles. The minimum Gasteiger partial charge on any atom is -0.370 e. The Labute approximate surface area is 89.8 Å².